The second-order valence-corrected chi connectivity index (χ2v) is 8.67. The molecule has 0 bridgehead atoms. The van der Waals surface area contributed by atoms with E-state index < -0.39 is 11.8 Å². The number of likely N-dealkylation sites (tertiary alicyclic amines) is 1. The summed E-state index contributed by atoms with van der Waals surface area (Å²) in [7, 11) is 0. The van der Waals surface area contributed by atoms with Gasteiger partial charge in [0.05, 0.1) is 17.4 Å². The molecule has 2 aliphatic rings. The molecule has 1 aliphatic heterocycles. The minimum absolute atomic E-state index is 0.00541. The van der Waals surface area contributed by atoms with Crippen molar-refractivity contribution in [3.05, 3.63) is 53.1 Å². The molecule has 1 aromatic carbocycles. The number of hydrazine groups is 1. The number of halogens is 1. The number of fused-ring (bicyclic) bond motifs is 1. The van der Waals surface area contributed by atoms with Crippen LogP contribution >= 0.6 is 0 Å². The number of hydrogen-bond acceptors (Lipinski definition) is 4. The van der Waals surface area contributed by atoms with Gasteiger partial charge in [-0.15, -0.1) is 0 Å². The second kappa shape index (κ2) is 9.17. The summed E-state index contributed by atoms with van der Waals surface area (Å²) in [6.45, 7) is 3.59. The summed E-state index contributed by atoms with van der Waals surface area (Å²) in [5.41, 5.74) is 7.25. The van der Waals surface area contributed by atoms with Crippen molar-refractivity contribution in [3.63, 3.8) is 0 Å². The van der Waals surface area contributed by atoms with Crippen LogP contribution in [-0.4, -0.2) is 39.6 Å². The molecule has 9 heteroatoms. The lowest BCUT2D eigenvalue weighted by molar-refractivity contribution is -0.140. The molecule has 1 saturated heterocycles. The highest BCUT2D eigenvalue weighted by molar-refractivity contribution is 6.05. The Morgan fingerprint density at radius 1 is 1.00 bits per heavy atom. The smallest absolute Gasteiger partial charge is 0.271 e. The average Bonchev–Trinajstić information content (AvgIpc) is 3.24. The highest BCUT2D eigenvalue weighted by Gasteiger charge is 2.47. The molecule has 2 fully saturated rings. The Kier molecular flexibility index (Phi) is 6.31. The van der Waals surface area contributed by atoms with E-state index in [1.54, 1.807) is 25.1 Å². The lowest BCUT2D eigenvalue weighted by atomic mass is 9.81. The van der Waals surface area contributed by atoms with Gasteiger partial charge in [0.25, 0.3) is 5.91 Å². The summed E-state index contributed by atoms with van der Waals surface area (Å²) in [4.78, 5) is 51.1. The molecule has 0 spiro atoms. The fourth-order valence-corrected chi connectivity index (χ4v) is 4.90. The molecule has 1 aromatic heterocycles. The van der Waals surface area contributed by atoms with Crippen LogP contribution in [0.25, 0.3) is 5.69 Å². The predicted octanol–water partition coefficient (Wildman–Crippen LogP) is 2.56. The summed E-state index contributed by atoms with van der Waals surface area (Å²) in [6, 6.07) is 7.62. The van der Waals surface area contributed by atoms with E-state index in [4.69, 9.17) is 0 Å². The highest BCUT2D eigenvalue weighted by Crippen LogP contribution is 2.37. The van der Waals surface area contributed by atoms with Crippen molar-refractivity contribution in [2.45, 2.75) is 46.0 Å². The van der Waals surface area contributed by atoms with Crippen LogP contribution in [0.15, 0.2) is 30.3 Å². The van der Waals surface area contributed by atoms with Gasteiger partial charge in [-0.2, -0.15) is 0 Å². The maximum absolute atomic E-state index is 13.2. The van der Waals surface area contributed by atoms with Crippen molar-refractivity contribution in [3.8, 4) is 5.69 Å². The van der Waals surface area contributed by atoms with Crippen LogP contribution in [-0.2, 0) is 14.4 Å². The zero-order chi connectivity index (χ0) is 23.7. The fourth-order valence-electron chi connectivity index (χ4n) is 4.90. The number of rotatable bonds is 5. The molecular formula is C24H27FN4O4. The minimum Gasteiger partial charge on any atom is -0.318 e. The zero-order valence-corrected chi connectivity index (χ0v) is 18.7. The number of nitrogens with one attached hydrogen (secondary N) is 2. The van der Waals surface area contributed by atoms with Crippen LogP contribution in [0.5, 0.6) is 0 Å². The van der Waals surface area contributed by atoms with E-state index in [0.29, 0.717) is 11.3 Å². The van der Waals surface area contributed by atoms with Crippen LogP contribution in [0.3, 0.4) is 0 Å². The van der Waals surface area contributed by atoms with Crippen LogP contribution in [0.4, 0.5) is 4.39 Å². The van der Waals surface area contributed by atoms with Gasteiger partial charge in [0, 0.05) is 30.0 Å². The molecule has 2 aromatic rings. The highest BCUT2D eigenvalue weighted by atomic mass is 19.1. The van der Waals surface area contributed by atoms with Gasteiger partial charge in [0.15, 0.2) is 0 Å². The number of carbonyl (C=O) groups is 4. The molecule has 4 amide bonds. The molecule has 174 valence electrons. The van der Waals surface area contributed by atoms with Crippen molar-refractivity contribution in [1.82, 2.24) is 20.3 Å². The standard InChI is InChI=1S/C24H27FN4O4/c1-14-13-20(15(2)29(14)17-9-7-16(25)8-10-17)22(31)27-26-21(30)11-12-28-23(32)18-5-3-4-6-19(18)24(28)33/h7-10,13,18-19H,3-6,11-12H2,1-2H3,(H,26,30)(H,27,31). The third-order valence-electron chi connectivity index (χ3n) is 6.57. The van der Waals surface area contributed by atoms with E-state index in [9.17, 15) is 23.6 Å². The average molecular weight is 455 g/mol. The number of aromatic nitrogens is 1. The first-order chi connectivity index (χ1) is 15.8. The van der Waals surface area contributed by atoms with E-state index in [-0.39, 0.29) is 42.4 Å². The normalized spacial score (nSPS) is 20.0. The Hall–Kier alpha value is -3.49. The van der Waals surface area contributed by atoms with Crippen molar-refractivity contribution < 1.29 is 23.6 Å². The number of nitrogens with zero attached hydrogens (tertiary/aromatic N) is 2. The Bertz CT molecular complexity index is 1080. The predicted molar refractivity (Wildman–Crippen MR) is 118 cm³/mol. The van der Waals surface area contributed by atoms with Gasteiger partial charge in [-0.3, -0.25) is 34.9 Å². The van der Waals surface area contributed by atoms with Gasteiger partial charge in [-0.1, -0.05) is 12.8 Å². The van der Waals surface area contributed by atoms with E-state index in [1.165, 1.54) is 17.0 Å². The maximum Gasteiger partial charge on any atom is 0.271 e. The first-order valence-electron chi connectivity index (χ1n) is 11.2. The van der Waals surface area contributed by atoms with Crippen molar-refractivity contribution in [2.75, 3.05) is 6.54 Å². The molecule has 0 radical (unpaired) electrons. The molecule has 8 nitrogen and oxygen atoms in total. The van der Waals surface area contributed by atoms with Crippen molar-refractivity contribution >= 4 is 23.6 Å². The lowest BCUT2D eigenvalue weighted by Gasteiger charge is -2.19. The van der Waals surface area contributed by atoms with Crippen molar-refractivity contribution in [2.24, 2.45) is 11.8 Å². The van der Waals surface area contributed by atoms with Crippen molar-refractivity contribution in [1.29, 1.82) is 0 Å². The van der Waals surface area contributed by atoms with Gasteiger partial charge in [-0.25, -0.2) is 4.39 Å². The summed E-state index contributed by atoms with van der Waals surface area (Å²) >= 11 is 0. The summed E-state index contributed by atoms with van der Waals surface area (Å²) in [5.74, 6) is -2.20. The summed E-state index contributed by atoms with van der Waals surface area (Å²) in [5, 5.41) is 0. The first kappa shape index (κ1) is 22.7. The number of imide groups is 1. The second-order valence-electron chi connectivity index (χ2n) is 8.67. The fraction of sp³-hybridized carbons (Fsp3) is 0.417. The summed E-state index contributed by atoms with van der Waals surface area (Å²) < 4.78 is 15.1. The van der Waals surface area contributed by atoms with E-state index >= 15 is 0 Å². The number of hydrogen-bond donors (Lipinski definition) is 2. The van der Waals surface area contributed by atoms with Crippen LogP contribution in [0.2, 0.25) is 0 Å². The minimum atomic E-state index is -0.496. The van der Waals surface area contributed by atoms with Crippen LogP contribution in [0, 0.1) is 31.5 Å². The lowest BCUT2D eigenvalue weighted by Crippen LogP contribution is -2.43. The molecule has 2 N–H and O–H groups in total. The SMILES string of the molecule is Cc1cc(C(=O)NNC(=O)CCN2C(=O)C3CCCCC3C2=O)c(C)n1-c1ccc(F)cc1. The van der Waals surface area contributed by atoms with Gasteiger partial charge in [-0.05, 0) is 57.0 Å². The molecule has 1 saturated carbocycles. The van der Waals surface area contributed by atoms with Gasteiger partial charge >= 0.3 is 0 Å². The molecule has 1 aliphatic carbocycles. The quantitative estimate of drug-likeness (QED) is 0.536. The molecule has 2 heterocycles. The van der Waals surface area contributed by atoms with Crippen LogP contribution in [0.1, 0.15) is 53.8 Å². The molecule has 2 atom stereocenters. The van der Waals surface area contributed by atoms with Crippen LogP contribution < -0.4 is 10.9 Å². The maximum atomic E-state index is 13.2. The zero-order valence-electron chi connectivity index (χ0n) is 18.7. The molecular weight excluding hydrogens is 427 g/mol. The van der Waals surface area contributed by atoms with E-state index in [2.05, 4.69) is 10.9 Å². The third kappa shape index (κ3) is 4.40. The number of amides is 4. The topological polar surface area (TPSA) is 101 Å². The van der Waals surface area contributed by atoms with Gasteiger partial charge in [0.1, 0.15) is 5.82 Å². The Balaban J connectivity index is 1.33. The largest absolute Gasteiger partial charge is 0.318 e. The van der Waals surface area contributed by atoms with E-state index in [0.717, 1.165) is 37.1 Å². The third-order valence-corrected chi connectivity index (χ3v) is 6.57. The Morgan fingerprint density at radius 2 is 1.61 bits per heavy atom. The number of carbonyl (C=O) groups excluding carboxylic acids is 4. The Labute approximate surface area is 191 Å². The molecule has 2 unspecified atom stereocenters. The van der Waals surface area contributed by atoms with Gasteiger partial charge < -0.3 is 4.57 Å². The number of aryl methyl sites for hydroxylation is 1. The monoisotopic (exact) mass is 454 g/mol. The number of benzene rings is 1. The Morgan fingerprint density at radius 3 is 2.21 bits per heavy atom. The first-order valence-corrected chi connectivity index (χ1v) is 11.2. The van der Waals surface area contributed by atoms with E-state index in [1.807, 2.05) is 11.5 Å². The van der Waals surface area contributed by atoms with Gasteiger partial charge in [0.2, 0.25) is 17.7 Å². The molecule has 4 rings (SSSR count). The molecule has 33 heavy (non-hydrogen) atoms. The summed E-state index contributed by atoms with van der Waals surface area (Å²) in [6.07, 6.45) is 3.26.